The van der Waals surface area contributed by atoms with Crippen molar-refractivity contribution in [1.82, 2.24) is 14.2 Å². The molecule has 0 aliphatic carbocycles. The summed E-state index contributed by atoms with van der Waals surface area (Å²) in [5.41, 5.74) is 3.67. The van der Waals surface area contributed by atoms with Crippen molar-refractivity contribution in [3.05, 3.63) is 28.7 Å². The fourth-order valence-corrected chi connectivity index (χ4v) is 3.65. The first-order valence-corrected chi connectivity index (χ1v) is 8.10. The zero-order chi connectivity index (χ0) is 15.7. The van der Waals surface area contributed by atoms with E-state index >= 15 is 0 Å². The average Bonchev–Trinajstić information content (AvgIpc) is 3.01. The Kier molecular flexibility index (Phi) is 4.14. The van der Waals surface area contributed by atoms with E-state index in [4.69, 9.17) is 4.74 Å². The second-order valence-corrected chi connectivity index (χ2v) is 6.36. The first-order valence-electron chi connectivity index (χ1n) is 7.32. The summed E-state index contributed by atoms with van der Waals surface area (Å²) in [6.45, 7) is 8.88. The molecule has 116 valence electrons. The monoisotopic (exact) mass is 317 g/mol. The Bertz CT molecular complexity index is 714. The van der Waals surface area contributed by atoms with E-state index < -0.39 is 0 Å². The Hall–Kier alpha value is -1.91. The summed E-state index contributed by atoms with van der Waals surface area (Å²) in [6, 6.07) is 4.34. The van der Waals surface area contributed by atoms with Crippen LogP contribution in [-0.4, -0.2) is 40.0 Å². The van der Waals surface area contributed by atoms with Crippen LogP contribution < -0.4 is 4.90 Å². The Morgan fingerprint density at radius 1 is 1.45 bits per heavy atom. The molecule has 0 radical (unpaired) electrons. The molecule has 1 aliphatic heterocycles. The fraction of sp³-hybridized carbons (Fsp3) is 0.533. The summed E-state index contributed by atoms with van der Waals surface area (Å²) in [7, 11) is 0. The van der Waals surface area contributed by atoms with Crippen molar-refractivity contribution < 1.29 is 4.74 Å². The van der Waals surface area contributed by atoms with Crippen LogP contribution in [0.1, 0.15) is 22.6 Å². The summed E-state index contributed by atoms with van der Waals surface area (Å²) in [4.78, 5) is 2.21. The highest BCUT2D eigenvalue weighted by atomic mass is 32.1. The van der Waals surface area contributed by atoms with Crippen LogP contribution in [0, 0.1) is 32.1 Å². The van der Waals surface area contributed by atoms with Gasteiger partial charge < -0.3 is 9.64 Å². The zero-order valence-corrected chi connectivity index (χ0v) is 13.9. The van der Waals surface area contributed by atoms with Gasteiger partial charge in [0.15, 0.2) is 0 Å². The van der Waals surface area contributed by atoms with Crippen LogP contribution in [0.4, 0.5) is 5.00 Å². The van der Waals surface area contributed by atoms with Crippen LogP contribution in [0.3, 0.4) is 0 Å². The summed E-state index contributed by atoms with van der Waals surface area (Å²) < 4.78 is 12.2. The molecule has 0 amide bonds. The molecular weight excluding hydrogens is 298 g/mol. The fourth-order valence-electron chi connectivity index (χ4n) is 2.77. The molecule has 6 nitrogen and oxygen atoms in total. The van der Waals surface area contributed by atoms with E-state index in [0.29, 0.717) is 12.2 Å². The van der Waals surface area contributed by atoms with Gasteiger partial charge in [-0.1, -0.05) is 0 Å². The minimum absolute atomic E-state index is 0.0701. The molecule has 1 unspecified atom stereocenters. The van der Waals surface area contributed by atoms with Crippen molar-refractivity contribution in [3.8, 4) is 6.07 Å². The Labute approximate surface area is 134 Å². The van der Waals surface area contributed by atoms with Crippen LogP contribution in [0.25, 0.3) is 0 Å². The molecule has 2 aromatic heterocycles. The van der Waals surface area contributed by atoms with Gasteiger partial charge in [-0.2, -0.15) is 14.7 Å². The highest BCUT2D eigenvalue weighted by molar-refractivity contribution is 7.10. The summed E-state index contributed by atoms with van der Waals surface area (Å²) in [5.74, 6) is 0. The van der Waals surface area contributed by atoms with Crippen LogP contribution in [0.5, 0.6) is 0 Å². The molecule has 1 atom stereocenters. The first-order chi connectivity index (χ1) is 10.6. The number of nitrogens with zero attached hydrogens (tertiary/aromatic N) is 5. The van der Waals surface area contributed by atoms with E-state index in [0.717, 1.165) is 41.7 Å². The maximum absolute atomic E-state index is 9.30. The number of hydrogen-bond acceptors (Lipinski definition) is 6. The number of aromatic nitrogens is 3. The van der Waals surface area contributed by atoms with E-state index in [-0.39, 0.29) is 6.10 Å². The molecule has 0 bridgehead atoms. The summed E-state index contributed by atoms with van der Waals surface area (Å²) in [5, 5.41) is 14.8. The number of ether oxygens (including phenoxy) is 1. The van der Waals surface area contributed by atoms with Crippen LogP contribution in [0.2, 0.25) is 0 Å². The lowest BCUT2D eigenvalue weighted by Crippen LogP contribution is -2.44. The molecule has 3 heterocycles. The molecule has 0 spiro atoms. The SMILES string of the molecule is Cc1cc(C)n(CC2CN(c3snc(C)c3C#N)CCO2)n1. The predicted octanol–water partition coefficient (Wildman–Crippen LogP) is 2.04. The topological polar surface area (TPSA) is 67.0 Å². The van der Waals surface area contributed by atoms with Gasteiger partial charge in [0.25, 0.3) is 0 Å². The highest BCUT2D eigenvalue weighted by Crippen LogP contribution is 2.29. The third kappa shape index (κ3) is 2.85. The van der Waals surface area contributed by atoms with Crippen molar-refractivity contribution in [2.24, 2.45) is 0 Å². The van der Waals surface area contributed by atoms with Crippen molar-refractivity contribution in [2.75, 3.05) is 24.6 Å². The van der Waals surface area contributed by atoms with Crippen LogP contribution in [0.15, 0.2) is 6.07 Å². The van der Waals surface area contributed by atoms with Crippen molar-refractivity contribution >= 4 is 16.5 Å². The standard InChI is InChI=1S/C15H19N5OS/c1-10-6-11(2)20(17-10)9-13-8-19(4-5-21-13)15-14(7-16)12(3)18-22-15/h6,13H,4-5,8-9H2,1-3H3. The second-order valence-electron chi connectivity index (χ2n) is 5.61. The predicted molar refractivity (Wildman–Crippen MR) is 85.2 cm³/mol. The summed E-state index contributed by atoms with van der Waals surface area (Å²) in [6.07, 6.45) is 0.0701. The maximum Gasteiger partial charge on any atom is 0.130 e. The number of anilines is 1. The average molecular weight is 317 g/mol. The van der Waals surface area contributed by atoms with Gasteiger partial charge in [0.1, 0.15) is 16.6 Å². The van der Waals surface area contributed by atoms with Gasteiger partial charge in [0.05, 0.1) is 30.6 Å². The van der Waals surface area contributed by atoms with Gasteiger partial charge in [-0.05, 0) is 38.4 Å². The van der Waals surface area contributed by atoms with Crippen LogP contribution in [-0.2, 0) is 11.3 Å². The second kappa shape index (κ2) is 6.07. The van der Waals surface area contributed by atoms with Gasteiger partial charge in [-0.25, -0.2) is 0 Å². The van der Waals surface area contributed by atoms with E-state index in [1.807, 2.05) is 18.5 Å². The first kappa shape index (κ1) is 15.0. The number of aryl methyl sites for hydroxylation is 3. The molecule has 0 N–H and O–H groups in total. The third-order valence-corrected chi connectivity index (χ3v) is 4.86. The zero-order valence-electron chi connectivity index (χ0n) is 13.0. The molecule has 22 heavy (non-hydrogen) atoms. The lowest BCUT2D eigenvalue weighted by Gasteiger charge is -2.33. The third-order valence-electron chi connectivity index (χ3n) is 3.86. The summed E-state index contributed by atoms with van der Waals surface area (Å²) >= 11 is 1.40. The van der Waals surface area contributed by atoms with E-state index in [9.17, 15) is 5.26 Å². The molecular formula is C15H19N5OS. The van der Waals surface area contributed by atoms with Crippen molar-refractivity contribution in [2.45, 2.75) is 33.4 Å². The molecule has 2 aromatic rings. The molecule has 1 fully saturated rings. The lowest BCUT2D eigenvalue weighted by atomic mass is 10.2. The van der Waals surface area contributed by atoms with E-state index in [1.165, 1.54) is 11.5 Å². The van der Waals surface area contributed by atoms with E-state index in [1.54, 1.807) is 0 Å². The molecule has 0 aromatic carbocycles. The molecule has 1 aliphatic rings. The molecule has 7 heteroatoms. The minimum Gasteiger partial charge on any atom is -0.373 e. The molecule has 3 rings (SSSR count). The Morgan fingerprint density at radius 2 is 2.27 bits per heavy atom. The van der Waals surface area contributed by atoms with Gasteiger partial charge in [-0.3, -0.25) is 4.68 Å². The van der Waals surface area contributed by atoms with Gasteiger partial charge >= 0.3 is 0 Å². The van der Waals surface area contributed by atoms with E-state index in [2.05, 4.69) is 33.4 Å². The number of nitriles is 1. The van der Waals surface area contributed by atoms with Gasteiger partial charge in [0, 0.05) is 18.8 Å². The minimum atomic E-state index is 0.0701. The molecule has 1 saturated heterocycles. The number of morpholine rings is 1. The molecule has 0 saturated carbocycles. The quantitative estimate of drug-likeness (QED) is 0.866. The lowest BCUT2D eigenvalue weighted by molar-refractivity contribution is 0.0272. The highest BCUT2D eigenvalue weighted by Gasteiger charge is 2.25. The van der Waals surface area contributed by atoms with Gasteiger partial charge in [0.2, 0.25) is 0 Å². The normalized spacial score (nSPS) is 18.5. The smallest absolute Gasteiger partial charge is 0.130 e. The Balaban J connectivity index is 1.74. The largest absolute Gasteiger partial charge is 0.373 e. The number of rotatable bonds is 3. The van der Waals surface area contributed by atoms with Crippen molar-refractivity contribution in [3.63, 3.8) is 0 Å². The number of hydrogen-bond donors (Lipinski definition) is 0. The van der Waals surface area contributed by atoms with Gasteiger partial charge in [-0.15, -0.1) is 0 Å². The van der Waals surface area contributed by atoms with Crippen molar-refractivity contribution in [1.29, 1.82) is 5.26 Å². The maximum atomic E-state index is 9.30. The Morgan fingerprint density at radius 3 is 2.95 bits per heavy atom. The van der Waals surface area contributed by atoms with Crippen LogP contribution >= 0.6 is 11.5 Å².